The van der Waals surface area contributed by atoms with Crippen molar-refractivity contribution in [2.45, 2.75) is 13.8 Å². The second-order valence-electron chi connectivity index (χ2n) is 7.29. The number of hydrogen-bond acceptors (Lipinski definition) is 6. The van der Waals surface area contributed by atoms with Crippen molar-refractivity contribution in [3.05, 3.63) is 59.0 Å². The molecule has 1 heterocycles. The number of likely N-dealkylation sites (N-methyl/N-ethyl adjacent to an activating group) is 1. The predicted molar refractivity (Wildman–Crippen MR) is 122 cm³/mol. The number of thiazole rings is 1. The Hall–Kier alpha value is -2.90. The molecule has 158 valence electrons. The third-order valence-corrected chi connectivity index (χ3v) is 5.17. The Morgan fingerprint density at radius 3 is 2.70 bits per heavy atom. The molecule has 0 aliphatic rings. The second kappa shape index (κ2) is 10.2. The van der Waals surface area contributed by atoms with Gasteiger partial charge in [-0.2, -0.15) is 0 Å². The Bertz CT molecular complexity index is 1000. The molecule has 0 spiro atoms. The molecule has 1 amide bonds. The minimum absolute atomic E-state index is 0.0660. The summed E-state index contributed by atoms with van der Waals surface area (Å²) in [6, 6.07) is 13.7. The lowest BCUT2D eigenvalue weighted by Crippen LogP contribution is -2.20. The predicted octanol–water partition coefficient (Wildman–Crippen LogP) is 4.38. The fraction of sp³-hybridized carbons (Fsp3) is 0.304. The van der Waals surface area contributed by atoms with Gasteiger partial charge >= 0.3 is 0 Å². The smallest absolute Gasteiger partial charge is 0.264 e. The average Bonchev–Trinajstić information content (AvgIpc) is 3.17. The number of aromatic nitrogens is 1. The molecule has 0 saturated carbocycles. The van der Waals surface area contributed by atoms with Crippen molar-refractivity contribution in [2.75, 3.05) is 39.2 Å². The fourth-order valence-corrected chi connectivity index (χ4v) is 3.49. The third-order valence-electron chi connectivity index (χ3n) is 4.41. The third kappa shape index (κ3) is 6.05. The van der Waals surface area contributed by atoms with E-state index >= 15 is 0 Å². The van der Waals surface area contributed by atoms with E-state index in [2.05, 4.69) is 15.2 Å². The zero-order valence-electron chi connectivity index (χ0n) is 17.8. The highest BCUT2D eigenvalue weighted by molar-refractivity contribution is 7.14. The van der Waals surface area contributed by atoms with Crippen molar-refractivity contribution in [1.29, 1.82) is 0 Å². The average molecular weight is 426 g/mol. The Labute approximate surface area is 181 Å². The van der Waals surface area contributed by atoms with Gasteiger partial charge in [0, 0.05) is 17.5 Å². The van der Waals surface area contributed by atoms with Crippen LogP contribution in [0.1, 0.15) is 11.1 Å². The number of carbonyl (C=O) groups excluding carboxylic acids is 1. The number of rotatable bonds is 9. The van der Waals surface area contributed by atoms with Crippen molar-refractivity contribution < 1.29 is 14.3 Å². The van der Waals surface area contributed by atoms with Gasteiger partial charge in [-0.1, -0.05) is 24.3 Å². The summed E-state index contributed by atoms with van der Waals surface area (Å²) in [5.74, 6) is 1.25. The molecule has 0 saturated heterocycles. The first-order valence-electron chi connectivity index (χ1n) is 9.75. The van der Waals surface area contributed by atoms with Crippen LogP contribution in [0.5, 0.6) is 11.5 Å². The standard InChI is InChI=1S/C23H27N3O3S/c1-16-9-10-17(2)21(13-16)29-14-22(27)25-23-24-19(15-30-23)18-7-5-6-8-20(18)28-12-11-26(3)4/h5-10,13,15H,11-12,14H2,1-4H3,(H,24,25,27). The van der Waals surface area contributed by atoms with Gasteiger partial charge in [-0.05, 0) is 57.3 Å². The fourth-order valence-electron chi connectivity index (χ4n) is 2.76. The van der Waals surface area contributed by atoms with Gasteiger partial charge in [0.2, 0.25) is 0 Å². The van der Waals surface area contributed by atoms with Crippen molar-refractivity contribution in [3.8, 4) is 22.8 Å². The van der Waals surface area contributed by atoms with Gasteiger partial charge in [0.15, 0.2) is 11.7 Å². The van der Waals surface area contributed by atoms with E-state index in [1.54, 1.807) is 0 Å². The molecule has 0 aliphatic heterocycles. The van der Waals surface area contributed by atoms with Gasteiger partial charge < -0.3 is 14.4 Å². The van der Waals surface area contributed by atoms with Crippen molar-refractivity contribution in [3.63, 3.8) is 0 Å². The molecule has 0 bridgehead atoms. The number of aryl methyl sites for hydroxylation is 2. The van der Waals surface area contributed by atoms with Crippen molar-refractivity contribution in [2.24, 2.45) is 0 Å². The first-order chi connectivity index (χ1) is 14.4. The van der Waals surface area contributed by atoms with E-state index in [0.29, 0.717) is 17.5 Å². The van der Waals surface area contributed by atoms with Crippen LogP contribution in [-0.2, 0) is 4.79 Å². The number of nitrogens with one attached hydrogen (secondary N) is 1. The summed E-state index contributed by atoms with van der Waals surface area (Å²) in [7, 11) is 4.02. The quantitative estimate of drug-likeness (QED) is 0.551. The Morgan fingerprint density at radius 2 is 1.90 bits per heavy atom. The van der Waals surface area contributed by atoms with Crippen LogP contribution in [0, 0.1) is 13.8 Å². The number of hydrogen-bond donors (Lipinski definition) is 1. The SMILES string of the molecule is Cc1ccc(C)c(OCC(=O)Nc2nc(-c3ccccc3OCCN(C)C)cs2)c1. The largest absolute Gasteiger partial charge is 0.492 e. The van der Waals surface area contributed by atoms with Gasteiger partial charge in [-0.25, -0.2) is 4.98 Å². The number of carbonyl (C=O) groups is 1. The van der Waals surface area contributed by atoms with Gasteiger partial charge in [0.1, 0.15) is 18.1 Å². The van der Waals surface area contributed by atoms with E-state index in [1.807, 2.05) is 75.8 Å². The van der Waals surface area contributed by atoms with Gasteiger partial charge in [0.05, 0.1) is 5.69 Å². The molecule has 2 aromatic carbocycles. The molecule has 3 rings (SSSR count). The van der Waals surface area contributed by atoms with Gasteiger partial charge in [-0.15, -0.1) is 11.3 Å². The minimum atomic E-state index is -0.243. The summed E-state index contributed by atoms with van der Waals surface area (Å²) < 4.78 is 11.6. The molecule has 0 unspecified atom stereocenters. The molecule has 30 heavy (non-hydrogen) atoms. The zero-order chi connectivity index (χ0) is 21.5. The Balaban J connectivity index is 1.61. The Kier molecular flexibility index (Phi) is 7.43. The van der Waals surface area contributed by atoms with Crippen LogP contribution in [0.15, 0.2) is 47.8 Å². The number of nitrogens with zero attached hydrogens (tertiary/aromatic N) is 2. The molecule has 6 nitrogen and oxygen atoms in total. The molecule has 0 atom stereocenters. The first kappa shape index (κ1) is 21.8. The summed E-state index contributed by atoms with van der Waals surface area (Å²) in [6.45, 7) is 5.30. The van der Waals surface area contributed by atoms with Crippen molar-refractivity contribution >= 4 is 22.4 Å². The highest BCUT2D eigenvalue weighted by Crippen LogP contribution is 2.32. The molecule has 0 aliphatic carbocycles. The van der Waals surface area contributed by atoms with Crippen LogP contribution >= 0.6 is 11.3 Å². The molecule has 3 aromatic rings. The minimum Gasteiger partial charge on any atom is -0.492 e. The van der Waals surface area contributed by atoms with E-state index in [9.17, 15) is 4.79 Å². The Morgan fingerprint density at radius 1 is 1.10 bits per heavy atom. The summed E-state index contributed by atoms with van der Waals surface area (Å²) >= 11 is 1.38. The van der Waals surface area contributed by atoms with E-state index in [-0.39, 0.29) is 12.5 Å². The lowest BCUT2D eigenvalue weighted by atomic mass is 10.1. The van der Waals surface area contributed by atoms with Crippen molar-refractivity contribution in [1.82, 2.24) is 9.88 Å². The summed E-state index contributed by atoms with van der Waals surface area (Å²) in [5.41, 5.74) is 3.76. The monoisotopic (exact) mass is 425 g/mol. The van der Waals surface area contributed by atoms with Crippen LogP contribution in [0.2, 0.25) is 0 Å². The molecule has 1 aromatic heterocycles. The normalized spacial score (nSPS) is 10.8. The van der Waals surface area contributed by atoms with Gasteiger partial charge in [0.25, 0.3) is 5.91 Å². The maximum Gasteiger partial charge on any atom is 0.264 e. The van der Waals surface area contributed by atoms with Crippen LogP contribution in [0.25, 0.3) is 11.3 Å². The van der Waals surface area contributed by atoms with Crippen LogP contribution < -0.4 is 14.8 Å². The van der Waals surface area contributed by atoms with E-state index < -0.39 is 0 Å². The number of anilines is 1. The molecular weight excluding hydrogens is 398 g/mol. The summed E-state index contributed by atoms with van der Waals surface area (Å²) in [6.07, 6.45) is 0. The van der Waals surface area contributed by atoms with Crippen LogP contribution in [0.3, 0.4) is 0 Å². The van der Waals surface area contributed by atoms with E-state index in [0.717, 1.165) is 34.7 Å². The molecular formula is C23H27N3O3S. The molecule has 0 fully saturated rings. The zero-order valence-corrected chi connectivity index (χ0v) is 18.6. The molecule has 7 heteroatoms. The number of para-hydroxylation sites is 1. The number of ether oxygens (including phenoxy) is 2. The molecule has 0 radical (unpaired) electrons. The maximum atomic E-state index is 12.3. The number of benzene rings is 2. The van der Waals surface area contributed by atoms with Crippen LogP contribution in [-0.4, -0.2) is 49.6 Å². The van der Waals surface area contributed by atoms with E-state index in [4.69, 9.17) is 9.47 Å². The summed E-state index contributed by atoms with van der Waals surface area (Å²) in [4.78, 5) is 18.9. The number of amides is 1. The first-order valence-corrected chi connectivity index (χ1v) is 10.6. The van der Waals surface area contributed by atoms with Gasteiger partial charge in [-0.3, -0.25) is 10.1 Å². The van der Waals surface area contributed by atoms with E-state index in [1.165, 1.54) is 11.3 Å². The highest BCUT2D eigenvalue weighted by atomic mass is 32.1. The maximum absolute atomic E-state index is 12.3. The highest BCUT2D eigenvalue weighted by Gasteiger charge is 2.13. The lowest BCUT2D eigenvalue weighted by Gasteiger charge is -2.13. The second-order valence-corrected chi connectivity index (χ2v) is 8.15. The molecule has 1 N–H and O–H groups in total. The lowest BCUT2D eigenvalue weighted by molar-refractivity contribution is -0.118. The topological polar surface area (TPSA) is 63.7 Å². The van der Waals surface area contributed by atoms with Crippen LogP contribution in [0.4, 0.5) is 5.13 Å². The summed E-state index contributed by atoms with van der Waals surface area (Å²) in [5, 5.41) is 5.25.